The number of aliphatic hydroxyl groups is 1. The first-order valence-corrected chi connectivity index (χ1v) is 6.48. The molecule has 0 saturated heterocycles. The van der Waals surface area contributed by atoms with Gasteiger partial charge in [0.25, 0.3) is 0 Å². The van der Waals surface area contributed by atoms with E-state index in [1.165, 1.54) is 0 Å². The monoisotopic (exact) mass is 265 g/mol. The number of aromatic nitrogens is 3. The lowest BCUT2D eigenvalue weighted by molar-refractivity contribution is 0.277. The molecule has 0 aliphatic rings. The van der Waals surface area contributed by atoms with Crippen LogP contribution in [0.4, 0.5) is 0 Å². The summed E-state index contributed by atoms with van der Waals surface area (Å²) in [5.74, 6) is 0. The fourth-order valence-corrected chi connectivity index (χ4v) is 2.27. The first-order chi connectivity index (χ1) is 9.81. The van der Waals surface area contributed by atoms with E-state index in [1.54, 1.807) is 4.68 Å². The van der Waals surface area contributed by atoms with Crippen molar-refractivity contribution in [2.45, 2.75) is 13.5 Å². The van der Waals surface area contributed by atoms with Gasteiger partial charge in [-0.25, -0.2) is 4.68 Å². The first kappa shape index (κ1) is 12.6. The highest BCUT2D eigenvalue weighted by Gasteiger charge is 2.16. The molecule has 1 aromatic heterocycles. The van der Waals surface area contributed by atoms with Gasteiger partial charge in [-0.1, -0.05) is 53.7 Å². The summed E-state index contributed by atoms with van der Waals surface area (Å²) >= 11 is 0. The van der Waals surface area contributed by atoms with E-state index in [9.17, 15) is 5.11 Å². The molecule has 0 aliphatic heterocycles. The number of aliphatic hydroxyl groups excluding tert-OH is 1. The van der Waals surface area contributed by atoms with E-state index in [2.05, 4.69) is 10.3 Å². The summed E-state index contributed by atoms with van der Waals surface area (Å²) in [6, 6.07) is 17.9. The highest BCUT2D eigenvalue weighted by molar-refractivity contribution is 5.64. The van der Waals surface area contributed by atoms with Crippen molar-refractivity contribution in [2.24, 2.45) is 0 Å². The van der Waals surface area contributed by atoms with Crippen LogP contribution in [0.2, 0.25) is 0 Å². The predicted octanol–water partition coefficient (Wildman–Crippen LogP) is 2.74. The second-order valence-corrected chi connectivity index (χ2v) is 4.61. The number of benzene rings is 2. The zero-order valence-electron chi connectivity index (χ0n) is 11.2. The van der Waals surface area contributed by atoms with E-state index in [-0.39, 0.29) is 6.61 Å². The van der Waals surface area contributed by atoms with Gasteiger partial charge in [0, 0.05) is 5.56 Å². The Labute approximate surface area is 117 Å². The van der Waals surface area contributed by atoms with Crippen molar-refractivity contribution in [3.63, 3.8) is 0 Å². The van der Waals surface area contributed by atoms with Crippen molar-refractivity contribution in [1.29, 1.82) is 0 Å². The Morgan fingerprint density at radius 3 is 2.40 bits per heavy atom. The van der Waals surface area contributed by atoms with Gasteiger partial charge in [0.1, 0.15) is 11.4 Å². The van der Waals surface area contributed by atoms with E-state index in [0.717, 1.165) is 22.5 Å². The molecule has 0 amide bonds. The molecule has 2 aromatic carbocycles. The zero-order valence-corrected chi connectivity index (χ0v) is 11.2. The molecule has 0 atom stereocenters. The van der Waals surface area contributed by atoms with Crippen molar-refractivity contribution in [1.82, 2.24) is 15.0 Å². The van der Waals surface area contributed by atoms with Crippen LogP contribution in [0, 0.1) is 6.92 Å². The standard InChI is InChI=1S/C16H15N3O/c1-12-7-5-6-10-15(12)19-16(14(11-20)17-18-19)13-8-3-2-4-9-13/h2-10,20H,11H2,1H3. The first-order valence-electron chi connectivity index (χ1n) is 6.48. The Balaban J connectivity index is 2.24. The van der Waals surface area contributed by atoms with Gasteiger partial charge in [0.2, 0.25) is 0 Å². The lowest BCUT2D eigenvalue weighted by Gasteiger charge is -2.10. The van der Waals surface area contributed by atoms with Crippen LogP contribution >= 0.6 is 0 Å². The summed E-state index contributed by atoms with van der Waals surface area (Å²) in [6.45, 7) is 1.90. The van der Waals surface area contributed by atoms with Crippen LogP contribution in [0.25, 0.3) is 16.9 Å². The van der Waals surface area contributed by atoms with E-state index >= 15 is 0 Å². The summed E-state index contributed by atoms with van der Waals surface area (Å²) in [4.78, 5) is 0. The SMILES string of the molecule is Cc1ccccc1-n1nnc(CO)c1-c1ccccc1. The molecule has 0 aliphatic carbocycles. The van der Waals surface area contributed by atoms with Crippen molar-refractivity contribution in [2.75, 3.05) is 0 Å². The van der Waals surface area contributed by atoms with Crippen molar-refractivity contribution in [3.05, 3.63) is 65.9 Å². The largest absolute Gasteiger partial charge is 0.390 e. The third-order valence-corrected chi connectivity index (χ3v) is 3.28. The van der Waals surface area contributed by atoms with Crippen LogP contribution in [0.5, 0.6) is 0 Å². The number of nitrogens with zero attached hydrogens (tertiary/aromatic N) is 3. The Morgan fingerprint density at radius 2 is 1.70 bits per heavy atom. The predicted molar refractivity (Wildman–Crippen MR) is 77.5 cm³/mol. The summed E-state index contributed by atoms with van der Waals surface area (Å²) < 4.78 is 1.79. The van der Waals surface area contributed by atoms with Crippen LogP contribution in [0.15, 0.2) is 54.6 Å². The molecule has 0 saturated carbocycles. The average molecular weight is 265 g/mol. The average Bonchev–Trinajstić information content (AvgIpc) is 2.92. The zero-order chi connectivity index (χ0) is 13.9. The number of aryl methyl sites for hydroxylation is 1. The van der Waals surface area contributed by atoms with E-state index in [0.29, 0.717) is 5.69 Å². The van der Waals surface area contributed by atoms with Gasteiger partial charge in [-0.3, -0.25) is 0 Å². The molecule has 0 spiro atoms. The highest BCUT2D eigenvalue weighted by atomic mass is 16.3. The van der Waals surface area contributed by atoms with Crippen molar-refractivity contribution in [3.8, 4) is 16.9 Å². The quantitative estimate of drug-likeness (QED) is 0.792. The third kappa shape index (κ3) is 2.10. The van der Waals surface area contributed by atoms with E-state index in [4.69, 9.17) is 0 Å². The summed E-state index contributed by atoms with van der Waals surface area (Å²) in [6.07, 6.45) is 0. The van der Waals surface area contributed by atoms with Crippen LogP contribution in [0.3, 0.4) is 0 Å². The van der Waals surface area contributed by atoms with Gasteiger partial charge in [-0.2, -0.15) is 0 Å². The Kier molecular flexibility index (Phi) is 3.31. The molecule has 0 radical (unpaired) electrons. The van der Waals surface area contributed by atoms with E-state index < -0.39 is 0 Å². The number of hydrogen-bond acceptors (Lipinski definition) is 3. The van der Waals surface area contributed by atoms with Gasteiger partial charge in [0.05, 0.1) is 12.3 Å². The van der Waals surface area contributed by atoms with Gasteiger partial charge in [-0.15, -0.1) is 5.10 Å². The van der Waals surface area contributed by atoms with Crippen LogP contribution < -0.4 is 0 Å². The van der Waals surface area contributed by atoms with Crippen LogP contribution in [-0.2, 0) is 6.61 Å². The molecule has 1 heterocycles. The van der Waals surface area contributed by atoms with Crippen LogP contribution in [-0.4, -0.2) is 20.1 Å². The molecule has 0 unspecified atom stereocenters. The Bertz CT molecular complexity index is 720. The smallest absolute Gasteiger partial charge is 0.117 e. The molecular formula is C16H15N3O. The fourth-order valence-electron chi connectivity index (χ4n) is 2.27. The number of para-hydroxylation sites is 1. The lowest BCUT2D eigenvalue weighted by Crippen LogP contribution is -2.02. The minimum Gasteiger partial charge on any atom is -0.390 e. The molecule has 0 fully saturated rings. The molecule has 3 rings (SSSR count). The molecule has 1 N–H and O–H groups in total. The van der Waals surface area contributed by atoms with Gasteiger partial charge in [0.15, 0.2) is 0 Å². The molecule has 20 heavy (non-hydrogen) atoms. The Morgan fingerprint density at radius 1 is 1.00 bits per heavy atom. The van der Waals surface area contributed by atoms with Crippen molar-refractivity contribution < 1.29 is 5.11 Å². The molecular weight excluding hydrogens is 250 g/mol. The minimum absolute atomic E-state index is 0.129. The normalized spacial score (nSPS) is 10.7. The van der Waals surface area contributed by atoms with Gasteiger partial charge in [-0.05, 0) is 18.6 Å². The molecule has 4 nitrogen and oxygen atoms in total. The summed E-state index contributed by atoms with van der Waals surface area (Å²) in [5.41, 5.74) is 4.49. The number of rotatable bonds is 3. The Hall–Kier alpha value is -2.46. The fraction of sp³-hybridized carbons (Fsp3) is 0.125. The van der Waals surface area contributed by atoms with Gasteiger partial charge >= 0.3 is 0 Å². The van der Waals surface area contributed by atoms with Gasteiger partial charge < -0.3 is 5.11 Å². The summed E-state index contributed by atoms with van der Waals surface area (Å²) in [7, 11) is 0. The maximum atomic E-state index is 9.49. The molecule has 100 valence electrons. The van der Waals surface area contributed by atoms with E-state index in [1.807, 2.05) is 61.5 Å². The molecule has 3 aromatic rings. The maximum Gasteiger partial charge on any atom is 0.117 e. The highest BCUT2D eigenvalue weighted by Crippen LogP contribution is 2.26. The molecule has 4 heteroatoms. The maximum absolute atomic E-state index is 9.49. The second kappa shape index (κ2) is 5.27. The minimum atomic E-state index is -0.129. The molecule has 0 bridgehead atoms. The second-order valence-electron chi connectivity index (χ2n) is 4.61. The van der Waals surface area contributed by atoms with Crippen molar-refractivity contribution >= 4 is 0 Å². The van der Waals surface area contributed by atoms with Crippen LogP contribution in [0.1, 0.15) is 11.3 Å². The third-order valence-electron chi connectivity index (χ3n) is 3.28. The summed E-state index contributed by atoms with van der Waals surface area (Å²) in [5, 5.41) is 17.8. The number of hydrogen-bond donors (Lipinski definition) is 1. The topological polar surface area (TPSA) is 50.9 Å². The lowest BCUT2D eigenvalue weighted by atomic mass is 10.1.